The fraction of sp³-hybridized carbons (Fsp3) is 0.231. The van der Waals surface area contributed by atoms with E-state index in [0.29, 0.717) is 0 Å². The zero-order valence-corrected chi connectivity index (χ0v) is 11.1. The van der Waals surface area contributed by atoms with Crippen molar-refractivity contribution in [1.29, 1.82) is 0 Å². The van der Waals surface area contributed by atoms with Crippen LogP contribution < -0.4 is 5.73 Å². The van der Waals surface area contributed by atoms with Crippen LogP contribution in [0.3, 0.4) is 0 Å². The van der Waals surface area contributed by atoms with Crippen LogP contribution in [0.15, 0.2) is 35.7 Å². The van der Waals surface area contributed by atoms with Gasteiger partial charge in [0, 0.05) is 4.88 Å². The van der Waals surface area contributed by atoms with E-state index < -0.39 is 0 Å². The van der Waals surface area contributed by atoms with Gasteiger partial charge in [-0.15, -0.1) is 23.7 Å². The molecular formula is C13H16ClNS. The van der Waals surface area contributed by atoms with Crippen molar-refractivity contribution in [3.05, 3.63) is 57.3 Å². The third-order valence-electron chi connectivity index (χ3n) is 2.70. The molecule has 0 saturated heterocycles. The molecule has 1 atom stereocenters. The van der Waals surface area contributed by atoms with Gasteiger partial charge in [0.15, 0.2) is 0 Å². The Morgan fingerprint density at radius 1 is 1.06 bits per heavy atom. The van der Waals surface area contributed by atoms with Crippen molar-refractivity contribution in [3.8, 4) is 0 Å². The maximum absolute atomic E-state index is 6.27. The molecule has 2 N–H and O–H groups in total. The zero-order chi connectivity index (χ0) is 10.8. The maximum atomic E-state index is 6.27. The molecule has 0 fully saturated rings. The van der Waals surface area contributed by atoms with Crippen LogP contribution in [0, 0.1) is 13.8 Å². The molecule has 2 rings (SSSR count). The van der Waals surface area contributed by atoms with Crippen molar-refractivity contribution >= 4 is 23.7 Å². The molecule has 1 heterocycles. The fourth-order valence-corrected chi connectivity index (χ4v) is 2.66. The van der Waals surface area contributed by atoms with Gasteiger partial charge >= 0.3 is 0 Å². The summed E-state index contributed by atoms with van der Waals surface area (Å²) in [5, 5.41) is 2.07. The average Bonchev–Trinajstić information content (AvgIpc) is 2.69. The largest absolute Gasteiger partial charge is 0.320 e. The van der Waals surface area contributed by atoms with Crippen LogP contribution in [0.4, 0.5) is 0 Å². The first-order valence-electron chi connectivity index (χ1n) is 5.05. The molecule has 16 heavy (non-hydrogen) atoms. The quantitative estimate of drug-likeness (QED) is 0.865. The molecule has 1 aromatic carbocycles. The van der Waals surface area contributed by atoms with Gasteiger partial charge in [0.2, 0.25) is 0 Å². The minimum absolute atomic E-state index is 0. The molecule has 0 unspecified atom stereocenters. The van der Waals surface area contributed by atoms with Crippen LogP contribution in [0.5, 0.6) is 0 Å². The molecule has 1 aromatic heterocycles. The standard InChI is InChI=1S/C13H15NS.ClH/c1-9-5-3-6-10(2)12(9)13(14)11-7-4-8-15-11;/h3-8,13H,14H2,1-2H3;1H/t13-;/m0./s1. The summed E-state index contributed by atoms with van der Waals surface area (Å²) in [4.78, 5) is 1.23. The van der Waals surface area contributed by atoms with E-state index in [0.717, 1.165) is 0 Å². The molecule has 0 radical (unpaired) electrons. The minimum Gasteiger partial charge on any atom is -0.320 e. The lowest BCUT2D eigenvalue weighted by atomic mass is 9.96. The van der Waals surface area contributed by atoms with Gasteiger partial charge in [-0.3, -0.25) is 0 Å². The Kier molecular flexibility index (Phi) is 4.54. The number of rotatable bonds is 2. The van der Waals surface area contributed by atoms with Gasteiger partial charge in [-0.1, -0.05) is 24.3 Å². The third kappa shape index (κ3) is 2.46. The lowest BCUT2D eigenvalue weighted by molar-refractivity contribution is 0.871. The Morgan fingerprint density at radius 2 is 1.69 bits per heavy atom. The van der Waals surface area contributed by atoms with E-state index >= 15 is 0 Å². The summed E-state index contributed by atoms with van der Waals surface area (Å²) in [5.41, 5.74) is 10.1. The first kappa shape index (κ1) is 13.2. The van der Waals surface area contributed by atoms with E-state index in [1.165, 1.54) is 21.6 Å². The number of hydrogen-bond acceptors (Lipinski definition) is 2. The summed E-state index contributed by atoms with van der Waals surface area (Å²) < 4.78 is 0. The minimum atomic E-state index is 0. The van der Waals surface area contributed by atoms with Gasteiger partial charge in [0.1, 0.15) is 0 Å². The molecule has 0 spiro atoms. The zero-order valence-electron chi connectivity index (χ0n) is 9.44. The highest BCUT2D eigenvalue weighted by atomic mass is 35.5. The summed E-state index contributed by atoms with van der Waals surface area (Å²) >= 11 is 1.72. The van der Waals surface area contributed by atoms with Gasteiger partial charge < -0.3 is 5.73 Å². The summed E-state index contributed by atoms with van der Waals surface area (Å²) in [5.74, 6) is 0. The van der Waals surface area contributed by atoms with Gasteiger partial charge in [0.25, 0.3) is 0 Å². The summed E-state index contributed by atoms with van der Waals surface area (Å²) in [6.45, 7) is 4.24. The molecule has 86 valence electrons. The Balaban J connectivity index is 0.00000128. The first-order valence-corrected chi connectivity index (χ1v) is 5.93. The Bertz CT molecular complexity index is 431. The number of hydrogen-bond donors (Lipinski definition) is 1. The van der Waals surface area contributed by atoms with Gasteiger partial charge in [-0.25, -0.2) is 0 Å². The number of nitrogens with two attached hydrogens (primary N) is 1. The van der Waals surface area contributed by atoms with Gasteiger partial charge in [0.05, 0.1) is 6.04 Å². The Hall–Kier alpha value is -0.830. The molecule has 3 heteroatoms. The van der Waals surface area contributed by atoms with Crippen molar-refractivity contribution in [2.24, 2.45) is 5.73 Å². The smallest absolute Gasteiger partial charge is 0.0651 e. The number of halogens is 1. The van der Waals surface area contributed by atoms with E-state index in [1.807, 2.05) is 6.07 Å². The van der Waals surface area contributed by atoms with Crippen molar-refractivity contribution in [2.45, 2.75) is 19.9 Å². The highest BCUT2D eigenvalue weighted by molar-refractivity contribution is 7.10. The Morgan fingerprint density at radius 3 is 2.19 bits per heavy atom. The maximum Gasteiger partial charge on any atom is 0.0651 e. The van der Waals surface area contributed by atoms with Crippen LogP contribution in [0.25, 0.3) is 0 Å². The van der Waals surface area contributed by atoms with E-state index in [2.05, 4.69) is 43.5 Å². The van der Waals surface area contributed by atoms with Gasteiger partial charge in [-0.05, 0) is 42.0 Å². The van der Waals surface area contributed by atoms with Crippen LogP contribution in [0.2, 0.25) is 0 Å². The second-order valence-electron chi connectivity index (χ2n) is 3.80. The Labute approximate surface area is 107 Å². The first-order chi connectivity index (χ1) is 7.20. The summed E-state index contributed by atoms with van der Waals surface area (Å²) in [6.07, 6.45) is 0. The molecular weight excluding hydrogens is 238 g/mol. The van der Waals surface area contributed by atoms with Crippen LogP contribution in [-0.2, 0) is 0 Å². The highest BCUT2D eigenvalue weighted by Crippen LogP contribution is 2.28. The second-order valence-corrected chi connectivity index (χ2v) is 4.78. The van der Waals surface area contributed by atoms with E-state index in [1.54, 1.807) is 11.3 Å². The number of aryl methyl sites for hydroxylation is 2. The number of benzene rings is 1. The lowest BCUT2D eigenvalue weighted by Gasteiger charge is -2.16. The van der Waals surface area contributed by atoms with Gasteiger partial charge in [-0.2, -0.15) is 0 Å². The predicted molar refractivity (Wildman–Crippen MR) is 73.5 cm³/mol. The highest BCUT2D eigenvalue weighted by Gasteiger charge is 2.13. The van der Waals surface area contributed by atoms with Crippen molar-refractivity contribution < 1.29 is 0 Å². The van der Waals surface area contributed by atoms with Crippen LogP contribution >= 0.6 is 23.7 Å². The molecule has 0 aliphatic carbocycles. The van der Waals surface area contributed by atoms with E-state index in [9.17, 15) is 0 Å². The monoisotopic (exact) mass is 253 g/mol. The average molecular weight is 254 g/mol. The van der Waals surface area contributed by atoms with Crippen molar-refractivity contribution in [1.82, 2.24) is 0 Å². The summed E-state index contributed by atoms with van der Waals surface area (Å²) in [6, 6.07) is 10.5. The second kappa shape index (κ2) is 5.48. The molecule has 0 aliphatic rings. The van der Waals surface area contributed by atoms with E-state index in [-0.39, 0.29) is 18.4 Å². The normalized spacial score (nSPS) is 11.9. The summed E-state index contributed by atoms with van der Waals surface area (Å²) in [7, 11) is 0. The molecule has 2 aromatic rings. The van der Waals surface area contributed by atoms with E-state index in [4.69, 9.17) is 5.73 Å². The lowest BCUT2D eigenvalue weighted by Crippen LogP contribution is -2.13. The molecule has 0 saturated carbocycles. The van der Waals surface area contributed by atoms with Crippen molar-refractivity contribution in [2.75, 3.05) is 0 Å². The SMILES string of the molecule is Cc1cccc(C)c1[C@@H](N)c1cccs1.Cl. The third-order valence-corrected chi connectivity index (χ3v) is 3.66. The predicted octanol–water partition coefficient (Wildman–Crippen LogP) is 3.83. The molecule has 0 amide bonds. The van der Waals surface area contributed by atoms with Crippen LogP contribution in [0.1, 0.15) is 27.6 Å². The molecule has 1 nitrogen and oxygen atoms in total. The number of thiophene rings is 1. The topological polar surface area (TPSA) is 26.0 Å². The van der Waals surface area contributed by atoms with Crippen molar-refractivity contribution in [3.63, 3.8) is 0 Å². The molecule has 0 aliphatic heterocycles. The van der Waals surface area contributed by atoms with Crippen LogP contribution in [-0.4, -0.2) is 0 Å². The molecule has 0 bridgehead atoms. The fourth-order valence-electron chi connectivity index (χ4n) is 1.93.